The number of hydrogen-bond donors (Lipinski definition) is 3. The number of amides is 1. The number of Topliss-reactive ketones (excluding diaryl/α,β-unsaturated/α-hetero) is 1. The molecule has 0 radical (unpaired) electrons. The molecule has 0 aliphatic heterocycles. The number of aromatic amines is 1. The second kappa shape index (κ2) is 9.30. The number of rotatable bonds is 10. The Labute approximate surface area is 154 Å². The zero-order valence-electron chi connectivity index (χ0n) is 14.7. The van der Waals surface area contributed by atoms with Crippen LogP contribution in [0.25, 0.3) is 0 Å². The maximum atomic E-state index is 12.7. The molecule has 0 aliphatic carbocycles. The third kappa shape index (κ3) is 5.52. The molecule has 0 aromatic carbocycles. The lowest BCUT2D eigenvalue weighted by Gasteiger charge is -2.26. The first kappa shape index (κ1) is 23.5. The van der Waals surface area contributed by atoms with Gasteiger partial charge < -0.3 is 11.5 Å². The standard InChI is InChI=1S/C15H26N4O4S.ClH/c1-4-6-11(7-5-2)24(22,23)9-15(17,14(16)21)13(20)12-8-10(3)18-19-12;/h8,11H,4-7,9,17H2,1-3H3,(H2,16,21)(H,18,19);1H/t15-;/m0./s1. The van der Waals surface area contributed by atoms with Crippen molar-refractivity contribution in [3.05, 3.63) is 17.5 Å². The summed E-state index contributed by atoms with van der Waals surface area (Å²) < 4.78 is 25.4. The van der Waals surface area contributed by atoms with E-state index in [-0.39, 0.29) is 18.1 Å². The number of primary amides is 1. The molecule has 8 nitrogen and oxygen atoms in total. The summed E-state index contributed by atoms with van der Waals surface area (Å²) in [5, 5.41) is 5.66. The number of carbonyl (C=O) groups is 2. The molecule has 0 aliphatic rings. The third-order valence-corrected chi connectivity index (χ3v) is 6.29. The van der Waals surface area contributed by atoms with Gasteiger partial charge in [-0.25, -0.2) is 8.42 Å². The molecule has 0 saturated heterocycles. The van der Waals surface area contributed by atoms with Gasteiger partial charge in [0.1, 0.15) is 5.69 Å². The molecule has 0 spiro atoms. The lowest BCUT2D eigenvalue weighted by molar-refractivity contribution is -0.120. The highest BCUT2D eigenvalue weighted by Gasteiger charge is 2.47. The number of aromatic nitrogens is 2. The second-order valence-corrected chi connectivity index (χ2v) is 8.39. The summed E-state index contributed by atoms with van der Waals surface area (Å²) in [6, 6.07) is 1.40. The number of nitrogens with zero attached hydrogens (tertiary/aromatic N) is 1. The Hall–Kier alpha value is -1.45. The minimum absolute atomic E-state index is 0. The molecular weight excluding hydrogens is 368 g/mol. The fraction of sp³-hybridized carbons (Fsp3) is 0.667. The Bertz CT molecular complexity index is 698. The molecule has 1 aromatic rings. The first-order valence-corrected chi connectivity index (χ1v) is 9.67. The molecule has 5 N–H and O–H groups in total. The van der Waals surface area contributed by atoms with Gasteiger partial charge >= 0.3 is 0 Å². The number of nitrogens with one attached hydrogen (secondary N) is 1. The average Bonchev–Trinajstić information content (AvgIpc) is 2.92. The minimum Gasteiger partial charge on any atom is -0.368 e. The van der Waals surface area contributed by atoms with E-state index in [1.54, 1.807) is 6.92 Å². The number of ketones is 1. The normalized spacial score (nSPS) is 14.0. The van der Waals surface area contributed by atoms with Crippen LogP contribution in [0.5, 0.6) is 0 Å². The van der Waals surface area contributed by atoms with Crippen molar-refractivity contribution in [1.82, 2.24) is 10.2 Å². The fourth-order valence-corrected chi connectivity index (χ4v) is 4.93. The average molecular weight is 395 g/mol. The van der Waals surface area contributed by atoms with Crippen molar-refractivity contribution in [2.75, 3.05) is 5.75 Å². The van der Waals surface area contributed by atoms with Crippen LogP contribution in [0.3, 0.4) is 0 Å². The maximum absolute atomic E-state index is 12.7. The van der Waals surface area contributed by atoms with E-state index in [4.69, 9.17) is 11.5 Å². The first-order chi connectivity index (χ1) is 11.1. The lowest BCUT2D eigenvalue weighted by atomic mass is 9.94. The van der Waals surface area contributed by atoms with Crippen molar-refractivity contribution in [3.8, 4) is 0 Å². The Balaban J connectivity index is 0.00000576. The summed E-state index contributed by atoms with van der Waals surface area (Å²) in [5.41, 5.74) is 9.32. The highest BCUT2D eigenvalue weighted by molar-refractivity contribution is 7.92. The Morgan fingerprint density at radius 3 is 2.16 bits per heavy atom. The molecule has 0 unspecified atom stereocenters. The van der Waals surface area contributed by atoms with Crippen molar-refractivity contribution in [2.45, 2.75) is 57.2 Å². The van der Waals surface area contributed by atoms with Crippen LogP contribution in [0.15, 0.2) is 6.07 Å². The SMILES string of the molecule is CCCC(CCC)S(=O)(=O)C[C@@](N)(C(N)=O)C(=O)c1cc(C)[nH]n1.Cl. The molecule has 1 atom stereocenters. The number of carbonyl (C=O) groups excluding carboxylic acids is 2. The van der Waals surface area contributed by atoms with E-state index in [9.17, 15) is 18.0 Å². The topological polar surface area (TPSA) is 149 Å². The van der Waals surface area contributed by atoms with Gasteiger partial charge in [0.2, 0.25) is 11.7 Å². The molecule has 0 fully saturated rings. The number of H-pyrrole nitrogens is 1. The summed E-state index contributed by atoms with van der Waals surface area (Å²) in [5.74, 6) is -2.89. The van der Waals surface area contributed by atoms with Gasteiger partial charge in [0, 0.05) is 5.69 Å². The van der Waals surface area contributed by atoms with Crippen molar-refractivity contribution < 1.29 is 18.0 Å². The van der Waals surface area contributed by atoms with Crippen molar-refractivity contribution in [2.24, 2.45) is 11.5 Å². The number of sulfone groups is 1. The molecule has 10 heteroatoms. The number of halogens is 1. The predicted octanol–water partition coefficient (Wildman–Crippen LogP) is 0.889. The van der Waals surface area contributed by atoms with Crippen molar-refractivity contribution in [1.29, 1.82) is 0 Å². The van der Waals surface area contributed by atoms with Crippen LogP contribution in [0.1, 0.15) is 55.7 Å². The van der Waals surface area contributed by atoms with Crippen LogP contribution < -0.4 is 11.5 Å². The predicted molar refractivity (Wildman–Crippen MR) is 98.4 cm³/mol. The minimum atomic E-state index is -3.78. The molecule has 25 heavy (non-hydrogen) atoms. The van der Waals surface area contributed by atoms with E-state index in [0.717, 1.165) is 0 Å². The monoisotopic (exact) mass is 394 g/mol. The van der Waals surface area contributed by atoms with E-state index in [1.165, 1.54) is 6.07 Å². The van der Waals surface area contributed by atoms with Crippen LogP contribution in [0, 0.1) is 6.92 Å². The van der Waals surface area contributed by atoms with E-state index < -0.39 is 38.1 Å². The van der Waals surface area contributed by atoms with E-state index in [0.29, 0.717) is 31.4 Å². The largest absolute Gasteiger partial charge is 0.368 e. The molecular formula is C15H27ClN4O4S. The van der Waals surface area contributed by atoms with Crippen LogP contribution in [0.4, 0.5) is 0 Å². The zero-order valence-corrected chi connectivity index (χ0v) is 16.4. The summed E-state index contributed by atoms with van der Waals surface area (Å²) in [6.45, 7) is 5.42. The van der Waals surface area contributed by atoms with Crippen LogP contribution in [0.2, 0.25) is 0 Å². The van der Waals surface area contributed by atoms with E-state index >= 15 is 0 Å². The molecule has 1 amide bonds. The van der Waals surface area contributed by atoms with Crippen molar-refractivity contribution in [3.63, 3.8) is 0 Å². The Morgan fingerprint density at radius 2 is 1.80 bits per heavy atom. The quantitative estimate of drug-likeness (QED) is 0.396. The summed E-state index contributed by atoms with van der Waals surface area (Å²) in [6.07, 6.45) is 2.23. The fourth-order valence-electron chi connectivity index (χ4n) is 2.59. The molecule has 0 saturated carbocycles. The van der Waals surface area contributed by atoms with Gasteiger partial charge in [-0.3, -0.25) is 14.7 Å². The van der Waals surface area contributed by atoms with Gasteiger partial charge in [-0.2, -0.15) is 5.10 Å². The molecule has 144 valence electrons. The highest BCUT2D eigenvalue weighted by Crippen LogP contribution is 2.21. The Morgan fingerprint density at radius 1 is 1.28 bits per heavy atom. The van der Waals surface area contributed by atoms with Crippen molar-refractivity contribution >= 4 is 33.9 Å². The Kier molecular flexibility index (Phi) is 8.76. The van der Waals surface area contributed by atoms with E-state index in [2.05, 4.69) is 10.2 Å². The summed E-state index contributed by atoms with van der Waals surface area (Å²) >= 11 is 0. The zero-order chi connectivity index (χ0) is 18.5. The smallest absolute Gasteiger partial charge is 0.246 e. The summed E-state index contributed by atoms with van der Waals surface area (Å²) in [7, 11) is -3.78. The third-order valence-electron chi connectivity index (χ3n) is 3.94. The summed E-state index contributed by atoms with van der Waals surface area (Å²) in [4.78, 5) is 24.4. The van der Waals surface area contributed by atoms with Gasteiger partial charge in [-0.15, -0.1) is 12.4 Å². The highest BCUT2D eigenvalue weighted by atomic mass is 35.5. The van der Waals surface area contributed by atoms with Crippen LogP contribution in [-0.2, 0) is 14.6 Å². The first-order valence-electron chi connectivity index (χ1n) is 7.95. The molecule has 1 rings (SSSR count). The van der Waals surface area contributed by atoms with Gasteiger partial charge in [0.15, 0.2) is 15.4 Å². The van der Waals surface area contributed by atoms with Gasteiger partial charge in [-0.05, 0) is 25.8 Å². The second-order valence-electron chi connectivity index (χ2n) is 6.11. The molecule has 1 heterocycles. The van der Waals surface area contributed by atoms with Gasteiger partial charge in [0.05, 0.1) is 11.0 Å². The lowest BCUT2D eigenvalue weighted by Crippen LogP contribution is -2.63. The number of aryl methyl sites for hydroxylation is 1. The number of hydrogen-bond acceptors (Lipinski definition) is 6. The molecule has 0 bridgehead atoms. The van der Waals surface area contributed by atoms with Crippen LogP contribution in [-0.4, -0.2) is 46.8 Å². The van der Waals surface area contributed by atoms with Crippen LogP contribution >= 0.6 is 12.4 Å². The number of nitrogens with two attached hydrogens (primary N) is 2. The van der Waals surface area contributed by atoms with Gasteiger partial charge in [-0.1, -0.05) is 26.7 Å². The van der Waals surface area contributed by atoms with Gasteiger partial charge in [0.25, 0.3) is 0 Å². The molecule has 1 aromatic heterocycles. The van der Waals surface area contributed by atoms with E-state index in [1.807, 2.05) is 13.8 Å². The maximum Gasteiger partial charge on any atom is 0.246 e.